The molecule has 4 heterocycles. The van der Waals surface area contributed by atoms with Gasteiger partial charge in [0.25, 0.3) is 5.91 Å². The minimum atomic E-state index is 0.000304. The van der Waals surface area contributed by atoms with E-state index in [0.29, 0.717) is 23.5 Å². The number of piperidine rings is 1. The predicted molar refractivity (Wildman–Crippen MR) is 135 cm³/mol. The Balaban J connectivity index is 1.32. The van der Waals surface area contributed by atoms with Gasteiger partial charge in [-0.25, -0.2) is 9.50 Å². The van der Waals surface area contributed by atoms with Crippen LogP contribution < -0.4 is 0 Å². The van der Waals surface area contributed by atoms with E-state index in [9.17, 15) is 4.79 Å². The molecule has 0 saturated carbocycles. The number of carbonyl (C=O) groups excluding carboxylic acids is 1. The standard InChI is InChI=1S/C26H30ClN7O/c1-4-32-16-28-31-24(32)13-19-9-11-33(12-10-19)26(35)22-15-29-34-18(3)21(17(2)30-25(22)34)14-20-7-5-6-8-23(20)27/h5-8,15-16,19H,4,9-14H2,1-3H3. The Labute approximate surface area is 209 Å². The first-order valence-corrected chi connectivity index (χ1v) is 12.6. The first kappa shape index (κ1) is 23.5. The molecule has 0 atom stereocenters. The second-order valence-corrected chi connectivity index (χ2v) is 9.70. The molecular formula is C26H30ClN7O. The van der Waals surface area contributed by atoms with E-state index in [-0.39, 0.29) is 5.91 Å². The van der Waals surface area contributed by atoms with Gasteiger partial charge in [-0.05, 0) is 56.7 Å². The lowest BCUT2D eigenvalue weighted by molar-refractivity contribution is 0.0691. The Kier molecular flexibility index (Phi) is 6.56. The van der Waals surface area contributed by atoms with E-state index in [0.717, 1.165) is 72.3 Å². The first-order valence-electron chi connectivity index (χ1n) is 12.2. The van der Waals surface area contributed by atoms with Gasteiger partial charge in [0.15, 0.2) is 5.65 Å². The highest BCUT2D eigenvalue weighted by atomic mass is 35.5. The second kappa shape index (κ2) is 9.77. The summed E-state index contributed by atoms with van der Waals surface area (Å²) in [5, 5.41) is 13.6. The average molecular weight is 492 g/mol. The number of aromatic nitrogens is 6. The molecule has 0 aliphatic carbocycles. The maximum Gasteiger partial charge on any atom is 0.259 e. The molecule has 4 aromatic rings. The van der Waals surface area contributed by atoms with Gasteiger partial charge in [-0.3, -0.25) is 4.79 Å². The van der Waals surface area contributed by atoms with Crippen molar-refractivity contribution in [1.82, 2.24) is 34.3 Å². The van der Waals surface area contributed by atoms with Gasteiger partial charge in [-0.15, -0.1) is 10.2 Å². The molecule has 1 aliphatic heterocycles. The summed E-state index contributed by atoms with van der Waals surface area (Å²) in [5.74, 6) is 1.54. The fourth-order valence-electron chi connectivity index (χ4n) is 5.02. The number of amides is 1. The Morgan fingerprint density at radius 2 is 1.94 bits per heavy atom. The molecule has 3 aromatic heterocycles. The Bertz CT molecular complexity index is 1370. The molecule has 0 radical (unpaired) electrons. The van der Waals surface area contributed by atoms with Crippen molar-refractivity contribution in [3.63, 3.8) is 0 Å². The highest BCUT2D eigenvalue weighted by molar-refractivity contribution is 6.31. The number of benzene rings is 1. The molecule has 5 rings (SSSR count). The molecule has 0 N–H and O–H groups in total. The summed E-state index contributed by atoms with van der Waals surface area (Å²) in [5.41, 5.74) is 5.17. The van der Waals surface area contributed by atoms with Crippen molar-refractivity contribution in [2.45, 2.75) is 53.0 Å². The third-order valence-corrected chi connectivity index (χ3v) is 7.54. The van der Waals surface area contributed by atoms with Gasteiger partial charge < -0.3 is 9.47 Å². The Morgan fingerprint density at radius 1 is 1.17 bits per heavy atom. The van der Waals surface area contributed by atoms with Crippen molar-refractivity contribution in [3.8, 4) is 0 Å². The molecule has 1 aliphatic rings. The zero-order valence-electron chi connectivity index (χ0n) is 20.4. The number of hydrogen-bond donors (Lipinski definition) is 0. The van der Waals surface area contributed by atoms with Crippen LogP contribution in [0.4, 0.5) is 0 Å². The Hall–Kier alpha value is -3.26. The van der Waals surface area contributed by atoms with Crippen molar-refractivity contribution in [3.05, 3.63) is 75.7 Å². The van der Waals surface area contributed by atoms with E-state index in [1.54, 1.807) is 17.0 Å². The predicted octanol–water partition coefficient (Wildman–Crippen LogP) is 4.30. The number of fused-ring (bicyclic) bond motifs is 1. The minimum Gasteiger partial charge on any atom is -0.338 e. The van der Waals surface area contributed by atoms with Crippen molar-refractivity contribution < 1.29 is 4.79 Å². The quantitative estimate of drug-likeness (QED) is 0.401. The number of carbonyl (C=O) groups is 1. The molecule has 0 spiro atoms. The highest BCUT2D eigenvalue weighted by Crippen LogP contribution is 2.26. The third-order valence-electron chi connectivity index (χ3n) is 7.17. The summed E-state index contributed by atoms with van der Waals surface area (Å²) in [4.78, 5) is 20.2. The van der Waals surface area contributed by atoms with Crippen molar-refractivity contribution in [1.29, 1.82) is 0 Å². The van der Waals surface area contributed by atoms with Crippen molar-refractivity contribution in [2.24, 2.45) is 5.92 Å². The van der Waals surface area contributed by atoms with Crippen LogP contribution >= 0.6 is 11.6 Å². The molecule has 0 unspecified atom stereocenters. The molecule has 1 saturated heterocycles. The van der Waals surface area contributed by atoms with E-state index in [2.05, 4.69) is 26.8 Å². The zero-order chi connectivity index (χ0) is 24.5. The SMILES string of the molecule is CCn1cnnc1CC1CCN(C(=O)c2cnn3c(C)c(Cc4ccccc4Cl)c(C)nc23)CC1. The van der Waals surface area contributed by atoms with Crippen molar-refractivity contribution in [2.75, 3.05) is 13.1 Å². The molecule has 182 valence electrons. The van der Waals surface area contributed by atoms with Crippen LogP contribution in [-0.2, 0) is 19.4 Å². The van der Waals surface area contributed by atoms with Crippen molar-refractivity contribution >= 4 is 23.2 Å². The summed E-state index contributed by atoms with van der Waals surface area (Å²) in [7, 11) is 0. The fourth-order valence-corrected chi connectivity index (χ4v) is 5.22. The number of halogens is 1. The van der Waals surface area contributed by atoms with Crippen LogP contribution in [0, 0.1) is 19.8 Å². The lowest BCUT2D eigenvalue weighted by Crippen LogP contribution is -2.39. The topological polar surface area (TPSA) is 81.2 Å². The van der Waals surface area contributed by atoms with E-state index in [1.165, 1.54) is 0 Å². The molecule has 1 amide bonds. The number of rotatable bonds is 6. The van der Waals surface area contributed by atoms with Crippen LogP contribution in [0.15, 0.2) is 36.8 Å². The van der Waals surface area contributed by atoms with Crippen LogP contribution in [0.3, 0.4) is 0 Å². The van der Waals surface area contributed by atoms with Crippen LogP contribution in [0.25, 0.3) is 5.65 Å². The maximum absolute atomic E-state index is 13.4. The normalized spacial score (nSPS) is 14.7. The molecule has 8 nitrogen and oxygen atoms in total. The number of hydrogen-bond acceptors (Lipinski definition) is 5. The van der Waals surface area contributed by atoms with Gasteiger partial charge in [0.05, 0.1) is 6.20 Å². The van der Waals surface area contributed by atoms with Crippen LogP contribution in [0.2, 0.25) is 5.02 Å². The van der Waals surface area contributed by atoms with Crippen LogP contribution in [0.1, 0.15) is 58.5 Å². The number of likely N-dealkylation sites (tertiary alicyclic amines) is 1. The fraction of sp³-hybridized carbons (Fsp3) is 0.423. The molecule has 35 heavy (non-hydrogen) atoms. The molecule has 1 aromatic carbocycles. The smallest absolute Gasteiger partial charge is 0.259 e. The molecular weight excluding hydrogens is 462 g/mol. The van der Waals surface area contributed by atoms with E-state index >= 15 is 0 Å². The van der Waals surface area contributed by atoms with Gasteiger partial charge in [0.2, 0.25) is 0 Å². The minimum absolute atomic E-state index is 0.000304. The first-order chi connectivity index (χ1) is 17.0. The summed E-state index contributed by atoms with van der Waals surface area (Å²) in [6.45, 7) is 8.44. The van der Waals surface area contributed by atoms with E-state index in [1.807, 2.05) is 43.0 Å². The second-order valence-electron chi connectivity index (χ2n) is 9.30. The van der Waals surface area contributed by atoms with Gasteiger partial charge in [-0.1, -0.05) is 29.8 Å². The summed E-state index contributed by atoms with van der Waals surface area (Å²) in [6.07, 6.45) is 6.93. The van der Waals surface area contributed by atoms with Gasteiger partial charge in [0.1, 0.15) is 17.7 Å². The van der Waals surface area contributed by atoms with Gasteiger partial charge >= 0.3 is 0 Å². The monoisotopic (exact) mass is 491 g/mol. The van der Waals surface area contributed by atoms with Gasteiger partial charge in [0, 0.05) is 48.9 Å². The average Bonchev–Trinajstić information content (AvgIpc) is 3.49. The molecule has 9 heteroatoms. The summed E-state index contributed by atoms with van der Waals surface area (Å²) in [6, 6.07) is 7.84. The number of aryl methyl sites for hydroxylation is 3. The van der Waals surface area contributed by atoms with Gasteiger partial charge in [-0.2, -0.15) is 5.10 Å². The molecule has 0 bridgehead atoms. The highest BCUT2D eigenvalue weighted by Gasteiger charge is 2.28. The lowest BCUT2D eigenvalue weighted by atomic mass is 9.93. The molecule has 1 fully saturated rings. The third kappa shape index (κ3) is 4.55. The Morgan fingerprint density at radius 3 is 2.69 bits per heavy atom. The lowest BCUT2D eigenvalue weighted by Gasteiger charge is -2.31. The largest absolute Gasteiger partial charge is 0.338 e. The number of nitrogens with zero attached hydrogens (tertiary/aromatic N) is 7. The van der Waals surface area contributed by atoms with Crippen LogP contribution in [0.5, 0.6) is 0 Å². The summed E-state index contributed by atoms with van der Waals surface area (Å²) < 4.78 is 3.88. The van der Waals surface area contributed by atoms with E-state index in [4.69, 9.17) is 16.6 Å². The van der Waals surface area contributed by atoms with Crippen LogP contribution in [-0.4, -0.2) is 53.3 Å². The maximum atomic E-state index is 13.4. The van der Waals surface area contributed by atoms with E-state index < -0.39 is 0 Å². The zero-order valence-corrected chi connectivity index (χ0v) is 21.2. The summed E-state index contributed by atoms with van der Waals surface area (Å²) >= 11 is 6.39.